The van der Waals surface area contributed by atoms with Gasteiger partial charge in [-0.15, -0.1) is 0 Å². The van der Waals surface area contributed by atoms with E-state index in [0.29, 0.717) is 11.1 Å². The topological polar surface area (TPSA) is 37.4 Å². The summed E-state index contributed by atoms with van der Waals surface area (Å²) < 4.78 is 13.4. The van der Waals surface area contributed by atoms with Crippen molar-refractivity contribution in [2.24, 2.45) is 0 Å². The first-order chi connectivity index (χ1) is 17.6. The van der Waals surface area contributed by atoms with Gasteiger partial charge >= 0.3 is 217 Å². The van der Waals surface area contributed by atoms with Gasteiger partial charge in [0.2, 0.25) is 0 Å². The summed E-state index contributed by atoms with van der Waals surface area (Å²) in [5, 5.41) is 1.84. The molecule has 1 aliphatic heterocycles. The fourth-order valence-electron chi connectivity index (χ4n) is 4.68. The number of carbonyl (C=O) groups excluding carboxylic acids is 2. The van der Waals surface area contributed by atoms with E-state index >= 15 is 0 Å². The number of fused-ring (bicyclic) bond motifs is 4. The Morgan fingerprint density at radius 1 is 0.686 bits per heavy atom. The number of benzene rings is 4. The van der Waals surface area contributed by atoms with Crippen molar-refractivity contribution in [3.63, 3.8) is 0 Å². The van der Waals surface area contributed by atoms with E-state index in [1.807, 2.05) is 36.4 Å². The van der Waals surface area contributed by atoms with E-state index in [1.54, 1.807) is 12.1 Å². The SMILES string of the molecule is [2H]C(=C1C(=O)c2cc3ccccc3cc2C1=O)c1ccc(N2c3ccccc3[Se]c3ccccc32)[se]1. The summed E-state index contributed by atoms with van der Waals surface area (Å²) in [4.78, 5) is 28.9. The second-order valence-corrected chi connectivity index (χ2v) is 12.9. The van der Waals surface area contributed by atoms with E-state index in [-0.39, 0.29) is 52.7 Å². The van der Waals surface area contributed by atoms with Crippen molar-refractivity contribution in [2.75, 3.05) is 4.90 Å². The van der Waals surface area contributed by atoms with Gasteiger partial charge in [-0.05, 0) is 0 Å². The van der Waals surface area contributed by atoms with Gasteiger partial charge in [0.25, 0.3) is 0 Å². The molecule has 35 heavy (non-hydrogen) atoms. The molecule has 0 fully saturated rings. The van der Waals surface area contributed by atoms with Crippen LogP contribution in [0.25, 0.3) is 16.8 Å². The fraction of sp³-hybridized carbons (Fsp3) is 0. The maximum atomic E-state index is 13.3. The van der Waals surface area contributed by atoms with Gasteiger partial charge in [-0.1, -0.05) is 0 Å². The molecular formula is C30H17NO2Se2. The van der Waals surface area contributed by atoms with E-state index in [0.717, 1.165) is 19.8 Å². The predicted octanol–water partition coefficient (Wildman–Crippen LogP) is 4.80. The van der Waals surface area contributed by atoms with E-state index < -0.39 is 0 Å². The van der Waals surface area contributed by atoms with Crippen LogP contribution < -0.4 is 13.8 Å². The molecule has 0 saturated carbocycles. The van der Waals surface area contributed by atoms with Gasteiger partial charge in [-0.2, -0.15) is 0 Å². The molecule has 3 nitrogen and oxygen atoms in total. The van der Waals surface area contributed by atoms with Crippen molar-refractivity contribution in [3.8, 4) is 0 Å². The van der Waals surface area contributed by atoms with Crippen LogP contribution in [0.3, 0.4) is 0 Å². The molecule has 0 amide bonds. The number of anilines is 3. The average Bonchev–Trinajstić information content (AvgIpc) is 3.49. The summed E-state index contributed by atoms with van der Waals surface area (Å²) in [6, 6.07) is 32.2. The zero-order valence-corrected chi connectivity index (χ0v) is 21.7. The first-order valence-electron chi connectivity index (χ1n) is 11.7. The van der Waals surface area contributed by atoms with Crippen LogP contribution in [0.5, 0.6) is 0 Å². The summed E-state index contributed by atoms with van der Waals surface area (Å²) in [5.41, 5.74) is 3.14. The molecule has 5 aromatic rings. The average molecular weight is 582 g/mol. The van der Waals surface area contributed by atoms with Crippen LogP contribution in [0.1, 0.15) is 26.5 Å². The number of carbonyl (C=O) groups is 2. The third-order valence-corrected chi connectivity index (χ3v) is 10.8. The molecule has 7 rings (SSSR count). The molecule has 0 saturated heterocycles. The third-order valence-electron chi connectivity index (χ3n) is 6.32. The number of Topliss-reactive ketones (excluding diaryl/α,β-unsaturated/α-hetero) is 2. The van der Waals surface area contributed by atoms with Crippen LogP contribution in [0, 0.1) is 0 Å². The Bertz CT molecular complexity index is 1680. The molecule has 0 spiro atoms. The normalized spacial score (nSPS) is 14.6. The van der Waals surface area contributed by atoms with Crippen molar-refractivity contribution >= 4 is 82.7 Å². The number of hydrogen-bond donors (Lipinski definition) is 0. The number of para-hydroxylation sites is 2. The Kier molecular flexibility index (Phi) is 4.55. The minimum absolute atomic E-state index is 0.00846. The minimum atomic E-state index is -0.340. The number of rotatable bonds is 2. The Labute approximate surface area is 216 Å². The van der Waals surface area contributed by atoms with Crippen molar-refractivity contribution < 1.29 is 11.0 Å². The first kappa shape index (κ1) is 19.8. The van der Waals surface area contributed by atoms with Crippen LogP contribution in [-0.2, 0) is 0 Å². The Morgan fingerprint density at radius 2 is 1.23 bits per heavy atom. The van der Waals surface area contributed by atoms with Crippen LogP contribution in [0.2, 0.25) is 0 Å². The molecule has 0 N–H and O–H groups in total. The molecule has 2 heterocycles. The van der Waals surface area contributed by atoms with Crippen molar-refractivity contribution in [1.82, 2.24) is 0 Å². The molecule has 1 aliphatic carbocycles. The number of nitrogens with zero attached hydrogens (tertiary/aromatic N) is 1. The van der Waals surface area contributed by atoms with Crippen LogP contribution in [-0.4, -0.2) is 41.0 Å². The van der Waals surface area contributed by atoms with E-state index in [1.165, 1.54) is 20.3 Å². The predicted molar refractivity (Wildman–Crippen MR) is 144 cm³/mol. The van der Waals surface area contributed by atoms with Gasteiger partial charge in [-0.3, -0.25) is 0 Å². The number of ketones is 2. The zero-order chi connectivity index (χ0) is 24.4. The molecule has 1 aromatic heterocycles. The molecule has 166 valence electrons. The van der Waals surface area contributed by atoms with Crippen molar-refractivity contribution in [2.45, 2.75) is 0 Å². The summed E-state index contributed by atoms with van der Waals surface area (Å²) in [5.74, 6) is -0.681. The zero-order valence-electron chi connectivity index (χ0n) is 19.3. The Balaban J connectivity index is 1.33. The molecule has 0 unspecified atom stereocenters. The first-order valence-corrected chi connectivity index (χ1v) is 14.6. The van der Waals surface area contributed by atoms with E-state index in [2.05, 4.69) is 53.4 Å². The quantitative estimate of drug-likeness (QED) is 0.167. The van der Waals surface area contributed by atoms with Crippen molar-refractivity contribution in [3.05, 3.63) is 118 Å². The molecule has 2 aliphatic rings. The molecule has 0 atom stereocenters. The van der Waals surface area contributed by atoms with E-state index in [9.17, 15) is 9.59 Å². The van der Waals surface area contributed by atoms with Crippen LogP contribution in [0.4, 0.5) is 15.9 Å². The number of hydrogen-bond acceptors (Lipinski definition) is 3. The summed E-state index contributed by atoms with van der Waals surface area (Å²) in [6.45, 7) is 0. The molecule has 0 radical (unpaired) electrons. The van der Waals surface area contributed by atoms with Crippen LogP contribution >= 0.6 is 0 Å². The maximum absolute atomic E-state index is 13.3. The van der Waals surface area contributed by atoms with Gasteiger partial charge in [0, 0.05) is 0 Å². The van der Waals surface area contributed by atoms with Gasteiger partial charge in [-0.25, -0.2) is 0 Å². The summed E-state index contributed by atoms with van der Waals surface area (Å²) in [6.07, 6.45) is 0. The van der Waals surface area contributed by atoms with Gasteiger partial charge < -0.3 is 0 Å². The van der Waals surface area contributed by atoms with Crippen LogP contribution in [0.15, 0.2) is 103 Å². The van der Waals surface area contributed by atoms with Crippen molar-refractivity contribution in [1.29, 1.82) is 0 Å². The monoisotopic (exact) mass is 584 g/mol. The molecular weight excluding hydrogens is 564 g/mol. The Morgan fingerprint density at radius 3 is 1.83 bits per heavy atom. The molecule has 0 bridgehead atoms. The third kappa shape index (κ3) is 3.32. The molecule has 4 aromatic carbocycles. The second kappa shape index (κ2) is 8.05. The van der Waals surface area contributed by atoms with Gasteiger partial charge in [0.15, 0.2) is 0 Å². The van der Waals surface area contributed by atoms with E-state index in [4.69, 9.17) is 1.37 Å². The number of allylic oxidation sites excluding steroid dienone is 1. The Hall–Kier alpha value is -3.46. The fourth-order valence-corrected chi connectivity index (χ4v) is 8.87. The summed E-state index contributed by atoms with van der Waals surface area (Å²) >= 11 is 0.00136. The standard InChI is InChI=1S/C30H17NO2Se2/c32-29-21-15-18-7-1-2-8-19(18)16-22(21)30(33)23(29)17-20-13-14-28(34-20)31-24-9-3-5-11-26(24)35-27-12-6-4-10-25(27)31/h1-17H/i17D. The van der Waals surface area contributed by atoms with Gasteiger partial charge in [0.1, 0.15) is 0 Å². The summed E-state index contributed by atoms with van der Waals surface area (Å²) in [7, 11) is 0. The van der Waals surface area contributed by atoms with Gasteiger partial charge in [0.05, 0.1) is 0 Å². The second-order valence-electron chi connectivity index (χ2n) is 8.41. The molecule has 5 heteroatoms.